The van der Waals surface area contributed by atoms with Crippen LogP contribution in [0.2, 0.25) is 0 Å². The molecule has 19 heavy (non-hydrogen) atoms. The van der Waals surface area contributed by atoms with Crippen LogP contribution in [0.25, 0.3) is 5.52 Å². The van der Waals surface area contributed by atoms with Gasteiger partial charge in [-0.25, -0.2) is 8.93 Å². The van der Waals surface area contributed by atoms with Gasteiger partial charge in [0.2, 0.25) is 0 Å². The van der Waals surface area contributed by atoms with Crippen LogP contribution in [-0.4, -0.2) is 41.2 Å². The minimum Gasteiger partial charge on any atom is -0.324 e. The first-order valence-electron chi connectivity index (χ1n) is 6.39. The minimum atomic E-state index is -0.994. The number of nitrogens with one attached hydrogen (secondary N) is 1. The maximum Gasteiger partial charge on any atom is 0.0957 e. The number of likely N-dealkylation sites (N-methyl/N-ethyl adjacent to an activating group) is 1. The van der Waals surface area contributed by atoms with Gasteiger partial charge in [-0.1, -0.05) is 0 Å². The molecular weight excluding hydrogens is 258 g/mol. The lowest BCUT2D eigenvalue weighted by Crippen LogP contribution is -2.15. The van der Waals surface area contributed by atoms with E-state index in [4.69, 9.17) is 0 Å². The van der Waals surface area contributed by atoms with Crippen LogP contribution in [0.3, 0.4) is 0 Å². The van der Waals surface area contributed by atoms with E-state index in [9.17, 15) is 4.21 Å². The molecule has 1 N–H and O–H groups in total. The number of pyridine rings is 1. The summed E-state index contributed by atoms with van der Waals surface area (Å²) >= 11 is 0. The van der Waals surface area contributed by atoms with Gasteiger partial charge in [-0.05, 0) is 56.9 Å². The quantitative estimate of drug-likeness (QED) is 0.868. The molecule has 0 aliphatic carbocycles. The Bertz CT molecular complexity index is 577. The van der Waals surface area contributed by atoms with Crippen molar-refractivity contribution in [3.05, 3.63) is 41.7 Å². The van der Waals surface area contributed by atoms with Gasteiger partial charge in [0.1, 0.15) is 0 Å². The maximum absolute atomic E-state index is 11.5. The normalized spacial score (nSPS) is 13.3. The molecule has 0 aliphatic rings. The van der Waals surface area contributed by atoms with Gasteiger partial charge in [0.15, 0.2) is 0 Å². The van der Waals surface area contributed by atoms with Gasteiger partial charge in [-0.2, -0.15) is 0 Å². The summed E-state index contributed by atoms with van der Waals surface area (Å²) < 4.78 is 16.4. The second-order valence-electron chi connectivity index (χ2n) is 4.92. The van der Waals surface area contributed by atoms with Gasteiger partial charge in [0, 0.05) is 24.5 Å². The summed E-state index contributed by atoms with van der Waals surface area (Å²) in [6.07, 6.45) is 5.15. The van der Waals surface area contributed by atoms with Crippen LogP contribution in [0.1, 0.15) is 11.1 Å². The molecule has 4 nitrogen and oxygen atoms in total. The fraction of sp³-hybridized carbons (Fsp3) is 0.429. The molecule has 1 unspecified atom stereocenters. The predicted octanol–water partition coefficient (Wildman–Crippen LogP) is 1.43. The molecule has 2 rings (SSSR count). The lowest BCUT2D eigenvalue weighted by atomic mass is 10.1. The lowest BCUT2D eigenvalue weighted by Gasteiger charge is -2.09. The lowest BCUT2D eigenvalue weighted by molar-refractivity contribution is 0.414. The van der Waals surface area contributed by atoms with E-state index in [2.05, 4.69) is 46.4 Å². The summed E-state index contributed by atoms with van der Waals surface area (Å²) in [5.74, 6) is 0.547. The van der Waals surface area contributed by atoms with Crippen LogP contribution in [0, 0.1) is 0 Å². The van der Waals surface area contributed by atoms with Gasteiger partial charge in [0.25, 0.3) is 0 Å². The third-order valence-corrected chi connectivity index (χ3v) is 4.22. The zero-order chi connectivity index (χ0) is 13.8. The number of nitrogens with zero attached hydrogens (tertiary/aromatic N) is 2. The molecule has 0 aromatic carbocycles. The smallest absolute Gasteiger partial charge is 0.0957 e. The summed E-state index contributed by atoms with van der Waals surface area (Å²) in [6.45, 7) is 1.03. The van der Waals surface area contributed by atoms with Crippen molar-refractivity contribution in [1.29, 1.82) is 0 Å². The average Bonchev–Trinajstić information content (AvgIpc) is 2.78. The van der Waals surface area contributed by atoms with Crippen molar-refractivity contribution >= 4 is 16.5 Å². The zero-order valence-corrected chi connectivity index (χ0v) is 12.5. The van der Waals surface area contributed by atoms with Gasteiger partial charge in [0.05, 0.1) is 16.7 Å². The van der Waals surface area contributed by atoms with Crippen molar-refractivity contribution in [2.75, 3.05) is 27.7 Å². The standard InChI is InChI=1S/C14H21N3OS/c1-15-19(18)11-12-4-8-17-9-6-13(14(17)10-12)5-7-16(2)3/h4,6,8-10,15H,5,7,11H2,1-3H3. The maximum atomic E-state index is 11.5. The molecule has 0 bridgehead atoms. The molecule has 0 saturated carbocycles. The number of aromatic nitrogens is 1. The van der Waals surface area contributed by atoms with Gasteiger partial charge in [-0.3, -0.25) is 0 Å². The summed E-state index contributed by atoms with van der Waals surface area (Å²) in [5.41, 5.74) is 3.66. The second kappa shape index (κ2) is 6.32. The van der Waals surface area contributed by atoms with Crippen LogP contribution in [0.15, 0.2) is 30.6 Å². The molecular formula is C14H21N3OS. The van der Waals surface area contributed by atoms with Crippen molar-refractivity contribution in [3.63, 3.8) is 0 Å². The van der Waals surface area contributed by atoms with Crippen LogP contribution in [0.5, 0.6) is 0 Å². The third kappa shape index (κ3) is 3.65. The molecule has 0 saturated heterocycles. The monoisotopic (exact) mass is 279 g/mol. The first kappa shape index (κ1) is 14.2. The number of fused-ring (bicyclic) bond motifs is 1. The van der Waals surface area contributed by atoms with E-state index in [0.717, 1.165) is 18.5 Å². The number of hydrogen-bond acceptors (Lipinski definition) is 2. The highest BCUT2D eigenvalue weighted by molar-refractivity contribution is 7.82. The molecule has 2 heterocycles. The van der Waals surface area contributed by atoms with Crippen LogP contribution in [-0.2, 0) is 23.2 Å². The van der Waals surface area contributed by atoms with E-state index in [1.54, 1.807) is 7.05 Å². The highest BCUT2D eigenvalue weighted by Gasteiger charge is 2.06. The average molecular weight is 279 g/mol. The molecule has 0 radical (unpaired) electrons. The van der Waals surface area contributed by atoms with Crippen LogP contribution >= 0.6 is 0 Å². The summed E-state index contributed by atoms with van der Waals surface area (Å²) in [5, 5.41) is 0. The molecule has 2 aromatic heterocycles. The number of rotatable bonds is 6. The Kier molecular flexibility index (Phi) is 4.74. The molecule has 104 valence electrons. The van der Waals surface area contributed by atoms with Crippen LogP contribution in [0.4, 0.5) is 0 Å². The Labute approximate surface area is 117 Å². The molecule has 0 spiro atoms. The molecule has 2 aromatic rings. The number of hydrogen-bond donors (Lipinski definition) is 1. The van der Waals surface area contributed by atoms with Crippen molar-refractivity contribution in [2.45, 2.75) is 12.2 Å². The Morgan fingerprint density at radius 2 is 2.05 bits per heavy atom. The first-order valence-corrected chi connectivity index (χ1v) is 7.71. The predicted molar refractivity (Wildman–Crippen MR) is 80.6 cm³/mol. The van der Waals surface area contributed by atoms with E-state index >= 15 is 0 Å². The largest absolute Gasteiger partial charge is 0.324 e. The first-order chi connectivity index (χ1) is 9.10. The van der Waals surface area contributed by atoms with E-state index < -0.39 is 11.0 Å². The summed E-state index contributed by atoms with van der Waals surface area (Å²) in [7, 11) is 4.89. The Balaban J connectivity index is 2.24. The third-order valence-electron chi connectivity index (χ3n) is 3.17. The molecule has 0 aliphatic heterocycles. The second-order valence-corrected chi connectivity index (χ2v) is 6.30. The molecule has 0 amide bonds. The Morgan fingerprint density at radius 1 is 1.32 bits per heavy atom. The summed E-state index contributed by atoms with van der Waals surface area (Å²) in [4.78, 5) is 2.18. The molecule has 1 atom stereocenters. The van der Waals surface area contributed by atoms with Gasteiger partial charge < -0.3 is 9.30 Å². The van der Waals surface area contributed by atoms with E-state index in [1.165, 1.54) is 11.1 Å². The zero-order valence-electron chi connectivity index (χ0n) is 11.7. The highest BCUT2D eigenvalue weighted by atomic mass is 32.2. The van der Waals surface area contributed by atoms with Crippen molar-refractivity contribution in [2.24, 2.45) is 0 Å². The highest BCUT2D eigenvalue weighted by Crippen LogP contribution is 2.16. The van der Waals surface area contributed by atoms with Crippen molar-refractivity contribution in [3.8, 4) is 0 Å². The van der Waals surface area contributed by atoms with Crippen molar-refractivity contribution < 1.29 is 4.21 Å². The SMILES string of the molecule is CNS(=O)Cc1ccn2ccc(CCN(C)C)c2c1. The topological polar surface area (TPSA) is 36.8 Å². The Morgan fingerprint density at radius 3 is 2.74 bits per heavy atom. The van der Waals surface area contributed by atoms with E-state index in [1.807, 2.05) is 12.3 Å². The molecule has 0 fully saturated rings. The van der Waals surface area contributed by atoms with Crippen molar-refractivity contribution in [1.82, 2.24) is 14.0 Å². The Hall–Kier alpha value is -1.17. The summed E-state index contributed by atoms with van der Waals surface area (Å²) in [6, 6.07) is 6.33. The molecule has 5 heteroatoms. The van der Waals surface area contributed by atoms with E-state index in [0.29, 0.717) is 5.75 Å². The van der Waals surface area contributed by atoms with Gasteiger partial charge >= 0.3 is 0 Å². The van der Waals surface area contributed by atoms with Gasteiger partial charge in [-0.15, -0.1) is 0 Å². The van der Waals surface area contributed by atoms with Crippen LogP contribution < -0.4 is 4.72 Å². The fourth-order valence-corrected chi connectivity index (χ4v) is 2.69. The van der Waals surface area contributed by atoms with E-state index in [-0.39, 0.29) is 0 Å². The fourth-order valence-electron chi connectivity index (χ4n) is 2.07. The minimum absolute atomic E-state index is 0.547.